The zero-order valence-electron chi connectivity index (χ0n) is 10.7. The van der Waals surface area contributed by atoms with Crippen molar-refractivity contribution in [2.24, 2.45) is 0 Å². The third-order valence-electron chi connectivity index (χ3n) is 3.28. The molecule has 1 heterocycles. The fraction of sp³-hybridized carbons (Fsp3) is 0.385. The van der Waals surface area contributed by atoms with Gasteiger partial charge in [0.1, 0.15) is 11.3 Å². The number of benzene rings is 1. The lowest BCUT2D eigenvalue weighted by molar-refractivity contribution is -0.121. The summed E-state index contributed by atoms with van der Waals surface area (Å²) in [6, 6.07) is 6.50. The van der Waals surface area contributed by atoms with Gasteiger partial charge in [-0.3, -0.25) is 4.79 Å². The van der Waals surface area contributed by atoms with Crippen LogP contribution in [0, 0.1) is 0 Å². The van der Waals surface area contributed by atoms with Gasteiger partial charge < -0.3 is 10.1 Å². The zero-order chi connectivity index (χ0) is 13.3. The number of methoxy groups -OCH3 is 1. The molecule has 1 fully saturated rings. The Bertz CT molecular complexity index is 501. The molecule has 5 heteroatoms. The summed E-state index contributed by atoms with van der Waals surface area (Å²) in [4.78, 5) is 25.3. The second kappa shape index (κ2) is 4.33. The molecule has 0 spiro atoms. The molecule has 1 atom stereocenters. The van der Waals surface area contributed by atoms with E-state index in [0.717, 1.165) is 4.90 Å². The Morgan fingerprint density at radius 2 is 2.11 bits per heavy atom. The lowest BCUT2D eigenvalue weighted by atomic mass is 9.99. The van der Waals surface area contributed by atoms with Crippen molar-refractivity contribution < 1.29 is 14.3 Å². The molecule has 0 aliphatic carbocycles. The Kier molecular flexibility index (Phi) is 2.98. The van der Waals surface area contributed by atoms with Crippen LogP contribution in [0.15, 0.2) is 24.3 Å². The number of anilines is 1. The van der Waals surface area contributed by atoms with Gasteiger partial charge in [0.25, 0.3) is 5.91 Å². The van der Waals surface area contributed by atoms with Crippen molar-refractivity contribution in [3.63, 3.8) is 0 Å². The van der Waals surface area contributed by atoms with Crippen molar-refractivity contribution in [2.75, 3.05) is 12.0 Å². The molecular weight excluding hydrogens is 232 g/mol. The number of carbonyl (C=O) groups is 2. The number of hydrogen-bond donors (Lipinski definition) is 1. The molecule has 2 rings (SSSR count). The molecule has 18 heavy (non-hydrogen) atoms. The van der Waals surface area contributed by atoms with Crippen molar-refractivity contribution in [3.05, 3.63) is 24.3 Å². The monoisotopic (exact) mass is 248 g/mol. The minimum atomic E-state index is -0.819. The van der Waals surface area contributed by atoms with Crippen LogP contribution < -0.4 is 15.0 Å². The number of ether oxygens (including phenoxy) is 1. The summed E-state index contributed by atoms with van der Waals surface area (Å²) in [5.74, 6) is 0.376. The number of carbonyl (C=O) groups excluding carboxylic acids is 2. The van der Waals surface area contributed by atoms with Gasteiger partial charge in [0, 0.05) is 6.07 Å². The number of rotatable bonds is 3. The number of imide groups is 1. The highest BCUT2D eigenvalue weighted by molar-refractivity contribution is 6.23. The van der Waals surface area contributed by atoms with E-state index in [1.54, 1.807) is 38.3 Å². The fourth-order valence-electron chi connectivity index (χ4n) is 1.91. The third-order valence-corrected chi connectivity index (χ3v) is 3.28. The smallest absolute Gasteiger partial charge is 0.329 e. The van der Waals surface area contributed by atoms with Gasteiger partial charge in [0.05, 0.1) is 12.8 Å². The Morgan fingerprint density at radius 3 is 2.67 bits per heavy atom. The normalized spacial score (nSPS) is 23.2. The van der Waals surface area contributed by atoms with Crippen LogP contribution in [0.1, 0.15) is 20.3 Å². The van der Waals surface area contributed by atoms with Gasteiger partial charge in [0.2, 0.25) is 0 Å². The zero-order valence-corrected chi connectivity index (χ0v) is 10.7. The summed E-state index contributed by atoms with van der Waals surface area (Å²) >= 11 is 0. The van der Waals surface area contributed by atoms with Crippen LogP contribution >= 0.6 is 0 Å². The van der Waals surface area contributed by atoms with Gasteiger partial charge in [-0.1, -0.05) is 13.0 Å². The maximum absolute atomic E-state index is 12.3. The van der Waals surface area contributed by atoms with E-state index in [2.05, 4.69) is 5.32 Å². The number of nitrogens with one attached hydrogen (secondary N) is 1. The van der Waals surface area contributed by atoms with Crippen LogP contribution in [0.4, 0.5) is 10.5 Å². The van der Waals surface area contributed by atoms with E-state index in [0.29, 0.717) is 17.9 Å². The van der Waals surface area contributed by atoms with Crippen LogP contribution in [-0.4, -0.2) is 24.6 Å². The first-order chi connectivity index (χ1) is 8.51. The Labute approximate surface area is 106 Å². The lowest BCUT2D eigenvalue weighted by Crippen LogP contribution is -2.43. The first-order valence-corrected chi connectivity index (χ1v) is 5.82. The minimum absolute atomic E-state index is 0.233. The van der Waals surface area contributed by atoms with Crippen LogP contribution in [0.5, 0.6) is 5.75 Å². The van der Waals surface area contributed by atoms with Crippen molar-refractivity contribution in [2.45, 2.75) is 25.8 Å². The molecule has 5 nitrogen and oxygen atoms in total. The van der Waals surface area contributed by atoms with Crippen LogP contribution in [0.2, 0.25) is 0 Å². The molecule has 1 aliphatic heterocycles. The molecule has 0 aromatic heterocycles. The molecule has 1 unspecified atom stereocenters. The summed E-state index contributed by atoms with van der Waals surface area (Å²) in [5, 5.41) is 2.71. The summed E-state index contributed by atoms with van der Waals surface area (Å²) in [6.45, 7) is 3.60. The standard InChI is InChI=1S/C13H16N2O3/c1-4-13(2)11(16)15(12(17)14-13)9-6-5-7-10(8-9)18-3/h5-8H,4H2,1-3H3,(H,14,17). The maximum atomic E-state index is 12.3. The van der Waals surface area contributed by atoms with E-state index < -0.39 is 11.6 Å². The second-order valence-electron chi connectivity index (χ2n) is 4.46. The van der Waals surface area contributed by atoms with Crippen molar-refractivity contribution in [3.8, 4) is 5.75 Å². The summed E-state index contributed by atoms with van der Waals surface area (Å²) < 4.78 is 5.09. The SMILES string of the molecule is CCC1(C)NC(=O)N(c2cccc(OC)c2)C1=O. The van der Waals surface area contributed by atoms with E-state index in [1.165, 1.54) is 0 Å². The number of nitrogens with zero attached hydrogens (tertiary/aromatic N) is 1. The van der Waals surface area contributed by atoms with Gasteiger partial charge in [0.15, 0.2) is 0 Å². The summed E-state index contributed by atoms with van der Waals surface area (Å²) in [7, 11) is 1.54. The van der Waals surface area contributed by atoms with Gasteiger partial charge in [-0.2, -0.15) is 0 Å². The Morgan fingerprint density at radius 1 is 1.39 bits per heavy atom. The van der Waals surface area contributed by atoms with Gasteiger partial charge in [-0.15, -0.1) is 0 Å². The van der Waals surface area contributed by atoms with Gasteiger partial charge in [-0.05, 0) is 25.5 Å². The topological polar surface area (TPSA) is 58.6 Å². The summed E-state index contributed by atoms with van der Waals surface area (Å²) in [5.41, 5.74) is -0.297. The number of amides is 3. The largest absolute Gasteiger partial charge is 0.497 e. The average Bonchev–Trinajstić information content (AvgIpc) is 2.61. The molecule has 3 amide bonds. The molecule has 1 aromatic rings. The molecule has 1 aliphatic rings. The molecule has 96 valence electrons. The number of urea groups is 1. The highest BCUT2D eigenvalue weighted by Gasteiger charge is 2.47. The molecule has 0 saturated carbocycles. The molecule has 0 bridgehead atoms. The van der Waals surface area contributed by atoms with Crippen molar-refractivity contribution >= 4 is 17.6 Å². The number of hydrogen-bond acceptors (Lipinski definition) is 3. The minimum Gasteiger partial charge on any atom is -0.497 e. The van der Waals surface area contributed by atoms with Crippen molar-refractivity contribution in [1.29, 1.82) is 0 Å². The van der Waals surface area contributed by atoms with E-state index in [1.807, 2.05) is 6.92 Å². The van der Waals surface area contributed by atoms with Gasteiger partial charge >= 0.3 is 6.03 Å². The predicted molar refractivity (Wildman–Crippen MR) is 67.7 cm³/mol. The highest BCUT2D eigenvalue weighted by Crippen LogP contribution is 2.28. The first-order valence-electron chi connectivity index (χ1n) is 5.82. The van der Waals surface area contributed by atoms with Crippen LogP contribution in [-0.2, 0) is 4.79 Å². The Hall–Kier alpha value is -2.04. The Balaban J connectivity index is 2.39. The predicted octanol–water partition coefficient (Wildman–Crippen LogP) is 1.92. The first kappa shape index (κ1) is 12.4. The van der Waals surface area contributed by atoms with E-state index in [-0.39, 0.29) is 5.91 Å². The lowest BCUT2D eigenvalue weighted by Gasteiger charge is -2.19. The molecular formula is C13H16N2O3. The highest BCUT2D eigenvalue weighted by atomic mass is 16.5. The van der Waals surface area contributed by atoms with Crippen LogP contribution in [0.3, 0.4) is 0 Å². The molecule has 1 aromatic carbocycles. The second-order valence-corrected chi connectivity index (χ2v) is 4.46. The molecule has 1 N–H and O–H groups in total. The van der Waals surface area contributed by atoms with Crippen LogP contribution in [0.25, 0.3) is 0 Å². The molecule has 0 radical (unpaired) electrons. The third kappa shape index (κ3) is 1.81. The van der Waals surface area contributed by atoms with E-state index in [4.69, 9.17) is 4.74 Å². The average molecular weight is 248 g/mol. The molecule has 1 saturated heterocycles. The maximum Gasteiger partial charge on any atom is 0.329 e. The quantitative estimate of drug-likeness (QED) is 0.831. The fourth-order valence-corrected chi connectivity index (χ4v) is 1.91. The van der Waals surface area contributed by atoms with Crippen molar-refractivity contribution in [1.82, 2.24) is 5.32 Å². The van der Waals surface area contributed by atoms with Gasteiger partial charge in [-0.25, -0.2) is 9.69 Å². The summed E-state index contributed by atoms with van der Waals surface area (Å²) in [6.07, 6.45) is 0.554. The van der Waals surface area contributed by atoms with E-state index in [9.17, 15) is 9.59 Å². The van der Waals surface area contributed by atoms with E-state index >= 15 is 0 Å².